The van der Waals surface area contributed by atoms with E-state index in [1.54, 1.807) is 42.6 Å². The molecule has 10 nitrogen and oxygen atoms in total. The van der Waals surface area contributed by atoms with E-state index < -0.39 is 11.6 Å². The summed E-state index contributed by atoms with van der Waals surface area (Å²) in [6.07, 6.45) is 1.65. The smallest absolute Gasteiger partial charge is 0.253 e. The number of pyridine rings is 1. The minimum Gasteiger partial charge on any atom is -0.493 e. The third kappa shape index (κ3) is 5.07. The quantitative estimate of drug-likeness (QED) is 0.289. The van der Waals surface area contributed by atoms with Crippen LogP contribution in [0.15, 0.2) is 63.3 Å². The molecule has 1 aromatic carbocycles. The molecule has 0 saturated heterocycles. The van der Waals surface area contributed by atoms with Crippen molar-refractivity contribution in [2.75, 3.05) is 14.2 Å². The molecular formula is C27H30N6O4S. The van der Waals surface area contributed by atoms with Crippen LogP contribution in [0.2, 0.25) is 0 Å². The molecule has 0 fully saturated rings. The van der Waals surface area contributed by atoms with Crippen molar-refractivity contribution in [2.24, 2.45) is 0 Å². The highest BCUT2D eigenvalue weighted by molar-refractivity contribution is 7.09. The van der Waals surface area contributed by atoms with E-state index in [1.165, 1.54) is 0 Å². The summed E-state index contributed by atoms with van der Waals surface area (Å²) in [6, 6.07) is 12.8. The van der Waals surface area contributed by atoms with Crippen molar-refractivity contribution in [2.45, 2.75) is 45.4 Å². The molecular weight excluding hydrogens is 504 g/mol. The van der Waals surface area contributed by atoms with Crippen molar-refractivity contribution in [1.29, 1.82) is 0 Å². The van der Waals surface area contributed by atoms with Crippen LogP contribution >= 0.6 is 11.3 Å². The van der Waals surface area contributed by atoms with Crippen LogP contribution in [0.5, 0.6) is 11.5 Å². The number of furan rings is 1. The Kier molecular flexibility index (Phi) is 7.04. The zero-order valence-electron chi connectivity index (χ0n) is 22.0. The Labute approximate surface area is 223 Å². The molecule has 0 unspecified atom stereocenters. The van der Waals surface area contributed by atoms with Gasteiger partial charge in [0.2, 0.25) is 0 Å². The fourth-order valence-electron chi connectivity index (χ4n) is 4.54. The molecule has 0 radical (unpaired) electrons. The van der Waals surface area contributed by atoms with Crippen LogP contribution in [-0.4, -0.2) is 44.3 Å². The van der Waals surface area contributed by atoms with Gasteiger partial charge in [0.1, 0.15) is 11.8 Å². The van der Waals surface area contributed by atoms with Crippen LogP contribution < -0.4 is 15.0 Å². The first-order chi connectivity index (χ1) is 18.3. The molecule has 0 saturated carbocycles. The second kappa shape index (κ2) is 10.4. The molecule has 4 aromatic heterocycles. The van der Waals surface area contributed by atoms with Crippen molar-refractivity contribution in [3.63, 3.8) is 0 Å². The Balaban J connectivity index is 1.73. The van der Waals surface area contributed by atoms with Crippen molar-refractivity contribution >= 4 is 22.2 Å². The van der Waals surface area contributed by atoms with Gasteiger partial charge in [-0.1, -0.05) is 6.07 Å². The summed E-state index contributed by atoms with van der Waals surface area (Å²) < 4.78 is 18.5. The van der Waals surface area contributed by atoms with Gasteiger partial charge in [0, 0.05) is 28.4 Å². The molecule has 0 aliphatic rings. The molecule has 11 heteroatoms. The molecule has 0 aliphatic heterocycles. The second-order valence-corrected chi connectivity index (χ2v) is 11.0. The first-order valence-electron chi connectivity index (χ1n) is 12.1. The van der Waals surface area contributed by atoms with Crippen LogP contribution in [0.3, 0.4) is 0 Å². The minimum absolute atomic E-state index is 0.242. The highest BCUT2D eigenvalue weighted by atomic mass is 32.1. The first-order valence-corrected chi connectivity index (χ1v) is 13.0. The second-order valence-electron chi connectivity index (χ2n) is 9.93. The first kappa shape index (κ1) is 25.7. The van der Waals surface area contributed by atoms with Gasteiger partial charge >= 0.3 is 0 Å². The fraction of sp³-hybridized carbons (Fsp3) is 0.333. The SMILES string of the molecule is COc1cc2cc([C@H](c3nnnn3C(C)(C)C)N(Cc3ccco3)Cc3cccs3)c(=O)[nH]c2cc1OC. The van der Waals surface area contributed by atoms with E-state index in [1.807, 2.05) is 56.5 Å². The number of methoxy groups -OCH3 is 2. The highest BCUT2D eigenvalue weighted by Crippen LogP contribution is 2.35. The maximum absolute atomic E-state index is 13.7. The Bertz CT molecular complexity index is 1530. The Morgan fingerprint density at radius 3 is 2.55 bits per heavy atom. The summed E-state index contributed by atoms with van der Waals surface area (Å²) in [5.41, 5.74) is 0.486. The van der Waals surface area contributed by atoms with Gasteiger partial charge in [-0.15, -0.1) is 16.4 Å². The van der Waals surface area contributed by atoms with Crippen LogP contribution in [0.4, 0.5) is 0 Å². The van der Waals surface area contributed by atoms with Crippen molar-refractivity contribution < 1.29 is 13.9 Å². The number of thiophene rings is 1. The Hall–Kier alpha value is -3.96. The average Bonchev–Trinajstić information content (AvgIpc) is 3.67. The lowest BCUT2D eigenvalue weighted by atomic mass is 10.0. The van der Waals surface area contributed by atoms with Crippen LogP contribution in [-0.2, 0) is 18.6 Å². The van der Waals surface area contributed by atoms with E-state index in [9.17, 15) is 4.79 Å². The van der Waals surface area contributed by atoms with E-state index in [4.69, 9.17) is 13.9 Å². The summed E-state index contributed by atoms with van der Waals surface area (Å²) in [7, 11) is 3.15. The molecule has 1 atom stereocenters. The third-order valence-corrected chi connectivity index (χ3v) is 7.15. The molecule has 5 rings (SSSR count). The van der Waals surface area contributed by atoms with Gasteiger partial charge in [0.15, 0.2) is 17.3 Å². The number of rotatable bonds is 9. The lowest BCUT2D eigenvalue weighted by molar-refractivity contribution is 0.173. The van der Waals surface area contributed by atoms with Gasteiger partial charge in [-0.3, -0.25) is 9.69 Å². The maximum Gasteiger partial charge on any atom is 0.253 e. The lowest BCUT2D eigenvalue weighted by Gasteiger charge is -2.32. The van der Waals surface area contributed by atoms with Gasteiger partial charge in [-0.2, -0.15) is 0 Å². The summed E-state index contributed by atoms with van der Waals surface area (Å²) in [4.78, 5) is 20.1. The number of hydrogen-bond donors (Lipinski definition) is 1. The molecule has 0 spiro atoms. The molecule has 5 aromatic rings. The Morgan fingerprint density at radius 2 is 1.89 bits per heavy atom. The van der Waals surface area contributed by atoms with E-state index in [-0.39, 0.29) is 5.56 Å². The van der Waals surface area contributed by atoms with E-state index in [0.717, 1.165) is 16.0 Å². The van der Waals surface area contributed by atoms with E-state index in [2.05, 4.69) is 31.5 Å². The minimum atomic E-state index is -0.585. The van der Waals surface area contributed by atoms with E-state index >= 15 is 0 Å². The largest absolute Gasteiger partial charge is 0.493 e. The number of benzene rings is 1. The average molecular weight is 535 g/mol. The summed E-state index contributed by atoms with van der Waals surface area (Å²) >= 11 is 1.65. The summed E-state index contributed by atoms with van der Waals surface area (Å²) in [5.74, 6) is 2.43. The molecule has 38 heavy (non-hydrogen) atoms. The number of ether oxygens (including phenoxy) is 2. The fourth-order valence-corrected chi connectivity index (χ4v) is 5.27. The van der Waals surface area contributed by atoms with Crippen molar-refractivity contribution in [3.8, 4) is 11.5 Å². The number of tetrazole rings is 1. The van der Waals surface area contributed by atoms with E-state index in [0.29, 0.717) is 41.5 Å². The predicted octanol–water partition coefficient (Wildman–Crippen LogP) is 4.73. The number of hydrogen-bond acceptors (Lipinski definition) is 9. The lowest BCUT2D eigenvalue weighted by Crippen LogP contribution is -2.37. The Morgan fingerprint density at radius 1 is 1.11 bits per heavy atom. The number of fused-ring (bicyclic) bond motifs is 1. The summed E-state index contributed by atoms with van der Waals surface area (Å²) in [5, 5.41) is 15.6. The van der Waals surface area contributed by atoms with Gasteiger partial charge in [0.25, 0.3) is 5.56 Å². The summed E-state index contributed by atoms with van der Waals surface area (Å²) in [6.45, 7) is 7.09. The number of aromatic nitrogens is 5. The van der Waals surface area contributed by atoms with Crippen LogP contribution in [0.25, 0.3) is 10.9 Å². The maximum atomic E-state index is 13.7. The van der Waals surface area contributed by atoms with Gasteiger partial charge in [0.05, 0.1) is 38.1 Å². The van der Waals surface area contributed by atoms with Gasteiger partial charge in [-0.05, 0) is 66.9 Å². The third-order valence-electron chi connectivity index (χ3n) is 6.29. The van der Waals surface area contributed by atoms with Crippen molar-refractivity contribution in [1.82, 2.24) is 30.1 Å². The standard InChI is InChI=1S/C27H30N6O4S/c1-27(2,3)33-25(29-30-31-33)24(32(15-18-8-6-10-37-18)16-19-9-7-11-38-19)20-12-17-13-22(35-4)23(36-5)14-21(17)28-26(20)34/h6-14,24H,15-16H2,1-5H3,(H,28,34)/t24-/m1/s1. The highest BCUT2D eigenvalue weighted by Gasteiger charge is 2.34. The number of aromatic amines is 1. The molecule has 198 valence electrons. The molecule has 0 bridgehead atoms. The zero-order chi connectivity index (χ0) is 26.9. The molecule has 0 aliphatic carbocycles. The normalized spacial score (nSPS) is 12.8. The number of nitrogens with zero attached hydrogens (tertiary/aromatic N) is 5. The van der Waals surface area contributed by atoms with Gasteiger partial charge < -0.3 is 18.9 Å². The van der Waals surface area contributed by atoms with Crippen LogP contribution in [0.1, 0.15) is 48.8 Å². The topological polar surface area (TPSA) is 111 Å². The van der Waals surface area contributed by atoms with Crippen molar-refractivity contribution in [3.05, 3.63) is 86.5 Å². The molecule has 0 amide bonds. The zero-order valence-corrected chi connectivity index (χ0v) is 22.8. The predicted molar refractivity (Wildman–Crippen MR) is 145 cm³/mol. The monoisotopic (exact) mass is 534 g/mol. The number of H-pyrrole nitrogens is 1. The molecule has 4 heterocycles. The van der Waals surface area contributed by atoms with Gasteiger partial charge in [-0.25, -0.2) is 4.68 Å². The van der Waals surface area contributed by atoms with Crippen LogP contribution in [0, 0.1) is 0 Å². The molecule has 1 N–H and O–H groups in total. The number of nitrogens with one attached hydrogen (secondary N) is 1.